The lowest BCUT2D eigenvalue weighted by Gasteiger charge is -2.36. The number of piperazine rings is 1. The fraction of sp³-hybridized carbons (Fsp3) is 1.00. The maximum Gasteiger partial charge on any atom is 0.0221 e. The van der Waals surface area contributed by atoms with E-state index in [4.69, 9.17) is 0 Å². The van der Waals surface area contributed by atoms with Crippen LogP contribution in [-0.2, 0) is 0 Å². The maximum atomic E-state index is 3.65. The minimum absolute atomic E-state index is 0.711. The average Bonchev–Trinajstić information content (AvgIpc) is 2.35. The van der Waals surface area contributed by atoms with Crippen LogP contribution in [0.2, 0.25) is 0 Å². The molecule has 3 unspecified atom stereocenters. The Bertz CT molecular complexity index is 187. The largest absolute Gasteiger partial charge is 0.311 e. The van der Waals surface area contributed by atoms with E-state index in [-0.39, 0.29) is 0 Å². The van der Waals surface area contributed by atoms with Crippen molar-refractivity contribution < 1.29 is 0 Å². The number of hydrogen-bond donors (Lipinski definition) is 1. The Hall–Kier alpha value is 0.270. The SMILES string of the molecule is CCC(C)C1CN(CCC(C)SC)CCN1. The van der Waals surface area contributed by atoms with Gasteiger partial charge in [0.25, 0.3) is 0 Å². The molecular formula is C13H28N2S. The van der Waals surface area contributed by atoms with E-state index in [9.17, 15) is 0 Å². The van der Waals surface area contributed by atoms with Crippen molar-refractivity contribution >= 4 is 11.8 Å². The van der Waals surface area contributed by atoms with Gasteiger partial charge in [-0.15, -0.1) is 0 Å². The van der Waals surface area contributed by atoms with Crippen LogP contribution in [0.3, 0.4) is 0 Å². The molecule has 96 valence electrons. The molecule has 1 rings (SSSR count). The Morgan fingerprint density at radius 3 is 2.81 bits per heavy atom. The summed E-state index contributed by atoms with van der Waals surface area (Å²) in [4.78, 5) is 2.64. The molecule has 1 heterocycles. The molecule has 0 aromatic heterocycles. The van der Waals surface area contributed by atoms with E-state index >= 15 is 0 Å². The second-order valence-corrected chi connectivity index (χ2v) is 6.36. The lowest BCUT2D eigenvalue weighted by molar-refractivity contribution is 0.167. The fourth-order valence-electron chi connectivity index (χ4n) is 2.19. The molecule has 0 spiro atoms. The van der Waals surface area contributed by atoms with Crippen molar-refractivity contribution in [3.63, 3.8) is 0 Å². The van der Waals surface area contributed by atoms with Crippen molar-refractivity contribution in [2.24, 2.45) is 5.92 Å². The van der Waals surface area contributed by atoms with Gasteiger partial charge in [0, 0.05) is 30.9 Å². The molecule has 0 radical (unpaired) electrons. The van der Waals surface area contributed by atoms with E-state index in [1.165, 1.54) is 39.0 Å². The molecule has 3 heteroatoms. The number of rotatable bonds is 6. The van der Waals surface area contributed by atoms with Crippen LogP contribution in [0.5, 0.6) is 0 Å². The van der Waals surface area contributed by atoms with Gasteiger partial charge in [-0.05, 0) is 25.1 Å². The molecule has 0 bridgehead atoms. The summed E-state index contributed by atoms with van der Waals surface area (Å²) in [5.74, 6) is 0.806. The lowest BCUT2D eigenvalue weighted by Crippen LogP contribution is -2.53. The van der Waals surface area contributed by atoms with Crippen molar-refractivity contribution in [2.75, 3.05) is 32.4 Å². The van der Waals surface area contributed by atoms with Gasteiger partial charge >= 0.3 is 0 Å². The monoisotopic (exact) mass is 244 g/mol. The second-order valence-electron chi connectivity index (χ2n) is 5.08. The first-order valence-electron chi connectivity index (χ1n) is 6.65. The minimum Gasteiger partial charge on any atom is -0.311 e. The van der Waals surface area contributed by atoms with Crippen LogP contribution < -0.4 is 5.32 Å². The molecular weight excluding hydrogens is 216 g/mol. The molecule has 3 atom stereocenters. The molecule has 1 saturated heterocycles. The highest BCUT2D eigenvalue weighted by atomic mass is 32.2. The Balaban J connectivity index is 2.27. The zero-order chi connectivity index (χ0) is 12.0. The van der Waals surface area contributed by atoms with Crippen molar-refractivity contribution in [1.82, 2.24) is 10.2 Å². The third-order valence-electron chi connectivity index (χ3n) is 3.87. The summed E-state index contributed by atoms with van der Waals surface area (Å²) in [6.07, 6.45) is 4.82. The van der Waals surface area contributed by atoms with Crippen LogP contribution in [-0.4, -0.2) is 48.6 Å². The first-order valence-corrected chi connectivity index (χ1v) is 7.94. The van der Waals surface area contributed by atoms with E-state index in [0.29, 0.717) is 6.04 Å². The average molecular weight is 244 g/mol. The highest BCUT2D eigenvalue weighted by Gasteiger charge is 2.22. The topological polar surface area (TPSA) is 15.3 Å². The standard InChI is InChI=1S/C13H28N2S/c1-5-11(2)13-10-15(9-7-14-13)8-6-12(3)16-4/h11-14H,5-10H2,1-4H3. The molecule has 1 N–H and O–H groups in total. The summed E-state index contributed by atoms with van der Waals surface area (Å²) in [5.41, 5.74) is 0. The zero-order valence-corrected chi connectivity index (χ0v) is 12.1. The third-order valence-corrected chi connectivity index (χ3v) is 4.91. The van der Waals surface area contributed by atoms with Crippen LogP contribution in [0.4, 0.5) is 0 Å². The second kappa shape index (κ2) is 7.57. The van der Waals surface area contributed by atoms with Gasteiger partial charge in [-0.2, -0.15) is 11.8 Å². The van der Waals surface area contributed by atoms with Crippen molar-refractivity contribution in [3.8, 4) is 0 Å². The molecule has 0 saturated carbocycles. The van der Waals surface area contributed by atoms with Gasteiger partial charge < -0.3 is 10.2 Å². The summed E-state index contributed by atoms with van der Waals surface area (Å²) in [7, 11) is 0. The molecule has 0 amide bonds. The van der Waals surface area contributed by atoms with Crippen LogP contribution >= 0.6 is 11.8 Å². The number of nitrogens with one attached hydrogen (secondary N) is 1. The highest BCUT2D eigenvalue weighted by molar-refractivity contribution is 7.99. The molecule has 0 aromatic carbocycles. The van der Waals surface area contributed by atoms with Gasteiger partial charge in [-0.25, -0.2) is 0 Å². The van der Waals surface area contributed by atoms with Crippen LogP contribution in [0.25, 0.3) is 0 Å². The summed E-state index contributed by atoms with van der Waals surface area (Å²) >= 11 is 1.98. The Labute approximate surface area is 106 Å². The molecule has 1 fully saturated rings. The van der Waals surface area contributed by atoms with Crippen LogP contribution in [0, 0.1) is 5.92 Å². The van der Waals surface area contributed by atoms with Gasteiger partial charge in [-0.1, -0.05) is 27.2 Å². The Morgan fingerprint density at radius 1 is 1.44 bits per heavy atom. The Morgan fingerprint density at radius 2 is 2.19 bits per heavy atom. The van der Waals surface area contributed by atoms with Crippen molar-refractivity contribution in [3.05, 3.63) is 0 Å². The molecule has 2 nitrogen and oxygen atoms in total. The van der Waals surface area contributed by atoms with E-state index in [1.807, 2.05) is 11.8 Å². The highest BCUT2D eigenvalue weighted by Crippen LogP contribution is 2.14. The molecule has 1 aliphatic rings. The lowest BCUT2D eigenvalue weighted by atomic mass is 9.97. The smallest absolute Gasteiger partial charge is 0.0221 e. The van der Waals surface area contributed by atoms with Crippen molar-refractivity contribution in [1.29, 1.82) is 0 Å². The van der Waals surface area contributed by atoms with Gasteiger partial charge in [-0.3, -0.25) is 0 Å². The van der Waals surface area contributed by atoms with E-state index in [2.05, 4.69) is 37.2 Å². The molecule has 1 aliphatic heterocycles. The van der Waals surface area contributed by atoms with Crippen LogP contribution in [0.1, 0.15) is 33.6 Å². The number of nitrogens with zero attached hydrogens (tertiary/aromatic N) is 1. The summed E-state index contributed by atoms with van der Waals surface area (Å²) in [6, 6.07) is 0.711. The number of hydrogen-bond acceptors (Lipinski definition) is 3. The van der Waals surface area contributed by atoms with Gasteiger partial charge in [0.15, 0.2) is 0 Å². The third kappa shape index (κ3) is 4.64. The minimum atomic E-state index is 0.711. The van der Waals surface area contributed by atoms with Gasteiger partial charge in [0.05, 0.1) is 0 Å². The maximum absolute atomic E-state index is 3.65. The quantitative estimate of drug-likeness (QED) is 0.772. The van der Waals surface area contributed by atoms with Crippen molar-refractivity contribution in [2.45, 2.75) is 44.9 Å². The first kappa shape index (κ1) is 14.3. The number of thioether (sulfide) groups is 1. The first-order chi connectivity index (χ1) is 7.67. The summed E-state index contributed by atoms with van der Waals surface area (Å²) < 4.78 is 0. The fourth-order valence-corrected chi connectivity index (χ4v) is 2.53. The van der Waals surface area contributed by atoms with E-state index < -0.39 is 0 Å². The normalized spacial score (nSPS) is 26.6. The van der Waals surface area contributed by atoms with Gasteiger partial charge in [0.2, 0.25) is 0 Å². The Kier molecular flexibility index (Phi) is 6.78. The predicted molar refractivity (Wildman–Crippen MR) is 75.3 cm³/mol. The zero-order valence-electron chi connectivity index (χ0n) is 11.3. The van der Waals surface area contributed by atoms with E-state index in [0.717, 1.165) is 11.2 Å². The van der Waals surface area contributed by atoms with E-state index in [1.54, 1.807) is 0 Å². The van der Waals surface area contributed by atoms with Crippen LogP contribution in [0.15, 0.2) is 0 Å². The summed E-state index contributed by atoms with van der Waals surface area (Å²) in [6.45, 7) is 11.9. The molecule has 0 aliphatic carbocycles. The predicted octanol–water partition coefficient (Wildman–Crippen LogP) is 2.45. The molecule has 0 aromatic rings. The molecule has 16 heavy (non-hydrogen) atoms. The summed E-state index contributed by atoms with van der Waals surface area (Å²) in [5, 5.41) is 4.46. The van der Waals surface area contributed by atoms with Gasteiger partial charge in [0.1, 0.15) is 0 Å².